The number of fused-ring (bicyclic) bond motifs is 3. The van der Waals surface area contributed by atoms with Crippen LogP contribution in [0.25, 0.3) is 11.1 Å². The van der Waals surface area contributed by atoms with Gasteiger partial charge in [-0.2, -0.15) is 8.42 Å². The van der Waals surface area contributed by atoms with Crippen LogP contribution in [0.5, 0.6) is 0 Å². The lowest BCUT2D eigenvalue weighted by atomic mass is 9.98. The van der Waals surface area contributed by atoms with Gasteiger partial charge in [0.1, 0.15) is 18.2 Å². The average Bonchev–Trinajstić information content (AvgIpc) is 3.27. The van der Waals surface area contributed by atoms with Crippen LogP contribution in [-0.4, -0.2) is 94.6 Å². The summed E-state index contributed by atoms with van der Waals surface area (Å²) in [4.78, 5) is 37.0. The Hall–Kier alpha value is -3.72. The number of rotatable bonds is 16. The van der Waals surface area contributed by atoms with Crippen LogP contribution in [0.15, 0.2) is 48.5 Å². The largest absolute Gasteiger partial charge is 0.449 e. The van der Waals surface area contributed by atoms with Crippen LogP contribution >= 0.6 is 0 Å². The summed E-state index contributed by atoms with van der Waals surface area (Å²) in [5, 5.41) is 7.56. The molecule has 0 fully saturated rings. The summed E-state index contributed by atoms with van der Waals surface area (Å²) in [5.74, 6) is -1.58. The van der Waals surface area contributed by atoms with Crippen molar-refractivity contribution in [2.75, 3.05) is 51.9 Å². The van der Waals surface area contributed by atoms with Crippen LogP contribution in [0.2, 0.25) is 0 Å². The lowest BCUT2D eigenvalue weighted by molar-refractivity contribution is -0.123. The van der Waals surface area contributed by atoms with Gasteiger partial charge in [-0.05, 0) is 49.4 Å². The number of carbonyl (C=O) groups excluding carboxylic acids is 3. The monoisotopic (exact) mass is 635 g/mol. The molecule has 3 amide bonds. The Balaban J connectivity index is 1.39. The Bertz CT molecular complexity index is 1330. The van der Waals surface area contributed by atoms with E-state index in [9.17, 15) is 27.4 Å². The topological polar surface area (TPSA) is 179 Å². The van der Waals surface area contributed by atoms with Crippen molar-refractivity contribution in [3.05, 3.63) is 59.7 Å². The van der Waals surface area contributed by atoms with Crippen molar-refractivity contribution in [1.29, 1.82) is 0 Å². The van der Waals surface area contributed by atoms with Gasteiger partial charge in [0, 0.05) is 19.0 Å². The summed E-state index contributed by atoms with van der Waals surface area (Å²) in [6.07, 6.45) is -1.78. The summed E-state index contributed by atoms with van der Waals surface area (Å²) >= 11 is 0. The molecule has 1 aliphatic carbocycles. The second-order valence-corrected chi connectivity index (χ2v) is 12.6. The van der Waals surface area contributed by atoms with E-state index in [4.69, 9.17) is 18.9 Å². The first-order valence-electron chi connectivity index (χ1n) is 14.3. The van der Waals surface area contributed by atoms with Gasteiger partial charge >= 0.3 is 12.2 Å². The fourth-order valence-electron chi connectivity index (χ4n) is 4.55. The molecular weight excluding hydrogens is 594 g/mol. The third-order valence-corrected chi connectivity index (χ3v) is 7.20. The normalized spacial score (nSPS) is 13.4. The van der Waals surface area contributed by atoms with Crippen LogP contribution < -0.4 is 16.0 Å². The predicted octanol–water partition coefficient (Wildman–Crippen LogP) is 2.85. The third kappa shape index (κ3) is 11.8. The molecule has 0 aromatic heterocycles. The van der Waals surface area contributed by atoms with Crippen LogP contribution in [-0.2, 0) is 33.9 Å². The SMILES string of the molecule is CC(C)(C)OC(=O)NCCOCCOCCNC(=O)[C@H](CCS(=O)(=O)O)NC(=O)OCC1c2ccccc2-c2ccccc21. The van der Waals surface area contributed by atoms with E-state index >= 15 is 0 Å². The van der Waals surface area contributed by atoms with E-state index in [1.165, 1.54) is 0 Å². The fraction of sp³-hybridized carbons (Fsp3) is 0.500. The lowest BCUT2D eigenvalue weighted by Gasteiger charge is -2.19. The van der Waals surface area contributed by atoms with Gasteiger partial charge in [-0.15, -0.1) is 0 Å². The van der Waals surface area contributed by atoms with Crippen molar-refractivity contribution >= 4 is 28.2 Å². The Labute approximate surface area is 257 Å². The molecule has 0 saturated heterocycles. The molecule has 0 spiro atoms. The van der Waals surface area contributed by atoms with Gasteiger partial charge in [0.25, 0.3) is 10.1 Å². The molecule has 4 N–H and O–H groups in total. The van der Waals surface area contributed by atoms with Crippen molar-refractivity contribution < 1.29 is 46.3 Å². The molecule has 14 heteroatoms. The first-order chi connectivity index (χ1) is 20.8. The molecule has 0 heterocycles. The molecule has 2 aromatic rings. The van der Waals surface area contributed by atoms with Gasteiger partial charge in [-0.25, -0.2) is 9.59 Å². The quantitative estimate of drug-likeness (QED) is 0.158. The maximum Gasteiger partial charge on any atom is 0.407 e. The molecule has 44 heavy (non-hydrogen) atoms. The van der Waals surface area contributed by atoms with Crippen LogP contribution in [0.3, 0.4) is 0 Å². The van der Waals surface area contributed by atoms with Gasteiger partial charge in [0.05, 0.1) is 32.2 Å². The minimum atomic E-state index is -4.38. The first kappa shape index (κ1) is 34.8. The van der Waals surface area contributed by atoms with E-state index in [1.54, 1.807) is 20.8 Å². The average molecular weight is 636 g/mol. The number of nitrogens with one attached hydrogen (secondary N) is 3. The van der Waals surface area contributed by atoms with Gasteiger partial charge < -0.3 is 34.9 Å². The summed E-state index contributed by atoms with van der Waals surface area (Å²) in [6, 6.07) is 14.4. The number of carbonyl (C=O) groups is 3. The third-order valence-electron chi connectivity index (χ3n) is 6.45. The molecular formula is C30H41N3O10S. The lowest BCUT2D eigenvalue weighted by Crippen LogP contribution is -2.48. The van der Waals surface area contributed by atoms with Crippen molar-refractivity contribution in [2.45, 2.75) is 44.8 Å². The van der Waals surface area contributed by atoms with E-state index in [-0.39, 0.29) is 58.5 Å². The van der Waals surface area contributed by atoms with Crippen LogP contribution in [0.1, 0.15) is 44.2 Å². The maximum atomic E-state index is 12.7. The zero-order valence-corrected chi connectivity index (χ0v) is 26.0. The first-order valence-corrected chi connectivity index (χ1v) is 15.9. The number of ether oxygens (including phenoxy) is 4. The molecule has 0 unspecified atom stereocenters. The molecule has 0 radical (unpaired) electrons. The van der Waals surface area contributed by atoms with E-state index < -0.39 is 45.6 Å². The van der Waals surface area contributed by atoms with Crippen LogP contribution in [0, 0.1) is 0 Å². The molecule has 0 bridgehead atoms. The molecule has 13 nitrogen and oxygen atoms in total. The number of hydrogen-bond acceptors (Lipinski definition) is 9. The minimum absolute atomic E-state index is 0.0134. The Morgan fingerprint density at radius 1 is 0.841 bits per heavy atom. The number of alkyl carbamates (subject to hydrolysis) is 2. The molecule has 2 aromatic carbocycles. The summed E-state index contributed by atoms with van der Waals surface area (Å²) in [7, 11) is -4.38. The van der Waals surface area contributed by atoms with Gasteiger partial charge in [0.15, 0.2) is 0 Å². The summed E-state index contributed by atoms with van der Waals surface area (Å²) in [5.41, 5.74) is 3.58. The highest BCUT2D eigenvalue weighted by Crippen LogP contribution is 2.44. The molecule has 242 valence electrons. The zero-order valence-electron chi connectivity index (χ0n) is 25.2. The maximum absolute atomic E-state index is 12.7. The van der Waals surface area contributed by atoms with Crippen LogP contribution in [0.4, 0.5) is 9.59 Å². The Morgan fingerprint density at radius 2 is 1.39 bits per heavy atom. The molecule has 1 atom stereocenters. The Morgan fingerprint density at radius 3 is 1.93 bits per heavy atom. The highest BCUT2D eigenvalue weighted by atomic mass is 32.2. The number of hydrogen-bond donors (Lipinski definition) is 4. The molecule has 3 rings (SSSR count). The zero-order chi connectivity index (χ0) is 32.2. The number of amides is 3. The van der Waals surface area contributed by atoms with E-state index in [1.807, 2.05) is 48.5 Å². The van der Waals surface area contributed by atoms with Crippen molar-refractivity contribution in [3.63, 3.8) is 0 Å². The molecule has 0 aliphatic heterocycles. The van der Waals surface area contributed by atoms with E-state index in [0.29, 0.717) is 0 Å². The molecule has 0 saturated carbocycles. The highest BCUT2D eigenvalue weighted by molar-refractivity contribution is 7.85. The van der Waals surface area contributed by atoms with Gasteiger partial charge in [-0.3, -0.25) is 9.35 Å². The Kier molecular flexibility index (Phi) is 12.9. The molecule has 1 aliphatic rings. The van der Waals surface area contributed by atoms with Crippen molar-refractivity contribution in [1.82, 2.24) is 16.0 Å². The standard InChI is InChI=1S/C30H41N3O10S/c1-30(2,3)43-28(35)32-14-16-41-18-17-40-15-13-31-27(34)26(12-19-44(37,38)39)33-29(36)42-20-25-23-10-6-4-8-21(23)22-9-5-7-11-24(22)25/h4-11,25-26H,12-20H2,1-3H3,(H,31,34)(H,32,35)(H,33,36)(H,37,38,39)/t26-/m0/s1. The summed E-state index contributed by atoms with van der Waals surface area (Å²) < 4.78 is 53.2. The van der Waals surface area contributed by atoms with Crippen molar-refractivity contribution in [2.24, 2.45) is 0 Å². The summed E-state index contributed by atoms with van der Waals surface area (Å²) in [6.45, 7) is 6.53. The van der Waals surface area contributed by atoms with Gasteiger partial charge in [-0.1, -0.05) is 48.5 Å². The van der Waals surface area contributed by atoms with E-state index in [0.717, 1.165) is 22.3 Å². The van der Waals surface area contributed by atoms with Crippen molar-refractivity contribution in [3.8, 4) is 11.1 Å². The second kappa shape index (κ2) is 16.4. The second-order valence-electron chi connectivity index (χ2n) is 11.0. The number of benzene rings is 2. The van der Waals surface area contributed by atoms with Gasteiger partial charge in [0.2, 0.25) is 5.91 Å². The van der Waals surface area contributed by atoms with E-state index in [2.05, 4.69) is 16.0 Å². The smallest absolute Gasteiger partial charge is 0.407 e. The predicted molar refractivity (Wildman–Crippen MR) is 162 cm³/mol. The minimum Gasteiger partial charge on any atom is -0.449 e. The highest BCUT2D eigenvalue weighted by Gasteiger charge is 2.30. The fourth-order valence-corrected chi connectivity index (χ4v) is 5.08.